The number of alkyl halides is 3. The lowest BCUT2D eigenvalue weighted by atomic mass is 10.1. The summed E-state index contributed by atoms with van der Waals surface area (Å²) in [6.45, 7) is 6.07. The maximum absolute atomic E-state index is 13.1. The Balaban J connectivity index is 1.38. The minimum absolute atomic E-state index is 0.0404. The van der Waals surface area contributed by atoms with Crippen molar-refractivity contribution in [3.63, 3.8) is 0 Å². The normalized spacial score (nSPS) is 22.0. The molecule has 1 aliphatic heterocycles. The Morgan fingerprint density at radius 2 is 1.72 bits per heavy atom. The van der Waals surface area contributed by atoms with Gasteiger partial charge in [0.25, 0.3) is 0 Å². The van der Waals surface area contributed by atoms with Crippen LogP contribution in [0.3, 0.4) is 0 Å². The van der Waals surface area contributed by atoms with E-state index in [0.29, 0.717) is 37.8 Å². The van der Waals surface area contributed by atoms with Crippen molar-refractivity contribution in [3.05, 3.63) is 64.7 Å². The third kappa shape index (κ3) is 4.11. The van der Waals surface area contributed by atoms with Gasteiger partial charge < -0.3 is 9.80 Å². The molecular weight excluding hydrogens is 377 g/mol. The highest BCUT2D eigenvalue weighted by Crippen LogP contribution is 2.48. The van der Waals surface area contributed by atoms with Crippen LogP contribution in [0.1, 0.15) is 34.6 Å². The second kappa shape index (κ2) is 7.39. The first-order chi connectivity index (χ1) is 13.7. The van der Waals surface area contributed by atoms with Gasteiger partial charge in [0, 0.05) is 37.8 Å². The summed E-state index contributed by atoms with van der Waals surface area (Å²) >= 11 is 0. The number of nitrogens with zero attached hydrogens (tertiary/aromatic N) is 2. The Bertz CT molecular complexity index is 917. The molecule has 3 nitrogen and oxygen atoms in total. The van der Waals surface area contributed by atoms with Crippen molar-refractivity contribution in [2.24, 2.45) is 5.92 Å². The van der Waals surface area contributed by atoms with Crippen LogP contribution < -0.4 is 4.90 Å². The monoisotopic (exact) mass is 402 g/mol. The smallest absolute Gasteiger partial charge is 0.368 e. The first-order valence-corrected chi connectivity index (χ1v) is 10.0. The van der Waals surface area contributed by atoms with Crippen LogP contribution in [-0.4, -0.2) is 37.0 Å². The highest BCUT2D eigenvalue weighted by atomic mass is 19.4. The number of piperazine rings is 1. The third-order valence-electron chi connectivity index (χ3n) is 6.05. The molecule has 1 heterocycles. The van der Waals surface area contributed by atoms with Gasteiger partial charge in [0.05, 0.1) is 5.56 Å². The lowest BCUT2D eigenvalue weighted by Gasteiger charge is -2.37. The predicted octanol–water partition coefficient (Wildman–Crippen LogP) is 4.77. The molecule has 1 amide bonds. The minimum atomic E-state index is -4.35. The second-order valence-electron chi connectivity index (χ2n) is 8.17. The summed E-state index contributed by atoms with van der Waals surface area (Å²) in [6.07, 6.45) is -3.47. The molecule has 0 aromatic heterocycles. The van der Waals surface area contributed by atoms with Crippen LogP contribution in [0.2, 0.25) is 0 Å². The van der Waals surface area contributed by atoms with Crippen LogP contribution in [0.5, 0.6) is 0 Å². The topological polar surface area (TPSA) is 23.6 Å². The van der Waals surface area contributed by atoms with Gasteiger partial charge in [0.15, 0.2) is 0 Å². The zero-order chi connectivity index (χ0) is 20.8. The number of anilines is 1. The number of rotatable bonds is 3. The average molecular weight is 402 g/mol. The Morgan fingerprint density at radius 3 is 2.38 bits per heavy atom. The zero-order valence-corrected chi connectivity index (χ0v) is 16.7. The maximum atomic E-state index is 13.1. The van der Waals surface area contributed by atoms with E-state index < -0.39 is 11.7 Å². The first kappa shape index (κ1) is 19.8. The van der Waals surface area contributed by atoms with Crippen molar-refractivity contribution in [1.82, 2.24) is 4.90 Å². The van der Waals surface area contributed by atoms with Crippen LogP contribution in [0.4, 0.5) is 18.9 Å². The molecule has 0 bridgehead atoms. The Morgan fingerprint density at radius 1 is 1.00 bits per heavy atom. The van der Waals surface area contributed by atoms with E-state index in [0.717, 1.165) is 18.1 Å². The number of benzene rings is 2. The highest BCUT2D eigenvalue weighted by Gasteiger charge is 2.46. The summed E-state index contributed by atoms with van der Waals surface area (Å²) < 4.78 is 39.2. The summed E-state index contributed by atoms with van der Waals surface area (Å²) in [5.74, 6) is 0.515. The van der Waals surface area contributed by atoms with Gasteiger partial charge in [-0.05, 0) is 49.4 Å². The quantitative estimate of drug-likeness (QED) is 0.738. The summed E-state index contributed by atoms with van der Waals surface area (Å²) in [7, 11) is 0. The molecule has 6 heteroatoms. The van der Waals surface area contributed by atoms with E-state index in [2.05, 4.69) is 25.1 Å². The number of carbonyl (C=O) groups excluding carboxylic acids is 1. The van der Waals surface area contributed by atoms with E-state index in [1.165, 1.54) is 23.3 Å². The largest absolute Gasteiger partial charge is 0.416 e. The van der Waals surface area contributed by atoms with E-state index in [9.17, 15) is 18.0 Å². The molecule has 1 saturated heterocycles. The SMILES string of the molecule is Cc1cccc([C@H]2C[C@H]2C(=O)N2CCN(c3cc(C(F)(F)F)ccc3C)CC2)c1. The van der Waals surface area contributed by atoms with E-state index in [4.69, 9.17) is 0 Å². The molecule has 0 radical (unpaired) electrons. The van der Waals surface area contributed by atoms with Crippen LogP contribution in [0.25, 0.3) is 0 Å². The average Bonchev–Trinajstić information content (AvgIpc) is 3.48. The standard InChI is InChI=1S/C23H25F3N2O/c1-15-4-3-5-17(12-15)19-14-20(19)22(29)28-10-8-27(9-11-28)21-13-18(23(24,25)26)7-6-16(21)2/h3-7,12-13,19-20H,8-11,14H2,1-2H3/t19-,20-/m1/s1. The van der Waals surface area contributed by atoms with Gasteiger partial charge in [-0.25, -0.2) is 0 Å². The Hall–Kier alpha value is -2.50. The lowest BCUT2D eigenvalue weighted by Crippen LogP contribution is -2.49. The van der Waals surface area contributed by atoms with Crippen molar-refractivity contribution < 1.29 is 18.0 Å². The second-order valence-corrected chi connectivity index (χ2v) is 8.17. The van der Waals surface area contributed by atoms with Crippen molar-refractivity contribution >= 4 is 11.6 Å². The van der Waals surface area contributed by atoms with Crippen molar-refractivity contribution in [2.75, 3.05) is 31.1 Å². The zero-order valence-electron chi connectivity index (χ0n) is 16.7. The Labute approximate surface area is 169 Å². The number of halogens is 3. The fourth-order valence-corrected chi connectivity index (χ4v) is 4.27. The summed E-state index contributed by atoms with van der Waals surface area (Å²) in [6, 6.07) is 12.2. The van der Waals surface area contributed by atoms with Gasteiger partial charge in [0.2, 0.25) is 5.91 Å². The first-order valence-electron chi connectivity index (χ1n) is 10.0. The van der Waals surface area contributed by atoms with E-state index in [1.807, 2.05) is 22.8 Å². The molecule has 4 rings (SSSR count). The third-order valence-corrected chi connectivity index (χ3v) is 6.05. The van der Waals surface area contributed by atoms with E-state index in [1.54, 1.807) is 0 Å². The molecule has 2 atom stereocenters. The molecule has 2 aliphatic rings. The van der Waals surface area contributed by atoms with Gasteiger partial charge >= 0.3 is 6.18 Å². The van der Waals surface area contributed by atoms with Crippen LogP contribution in [0, 0.1) is 19.8 Å². The van der Waals surface area contributed by atoms with Crippen LogP contribution >= 0.6 is 0 Å². The predicted molar refractivity (Wildman–Crippen MR) is 107 cm³/mol. The van der Waals surface area contributed by atoms with Gasteiger partial charge in [-0.3, -0.25) is 4.79 Å². The number of amides is 1. The molecule has 2 fully saturated rings. The minimum Gasteiger partial charge on any atom is -0.368 e. The summed E-state index contributed by atoms with van der Waals surface area (Å²) in [4.78, 5) is 16.7. The van der Waals surface area contributed by atoms with Gasteiger partial charge in [-0.2, -0.15) is 13.2 Å². The van der Waals surface area contributed by atoms with Crippen LogP contribution in [0.15, 0.2) is 42.5 Å². The molecule has 29 heavy (non-hydrogen) atoms. The molecule has 0 N–H and O–H groups in total. The molecule has 2 aromatic carbocycles. The van der Waals surface area contributed by atoms with E-state index in [-0.39, 0.29) is 11.8 Å². The van der Waals surface area contributed by atoms with Crippen molar-refractivity contribution in [2.45, 2.75) is 32.4 Å². The lowest BCUT2D eigenvalue weighted by molar-refractivity contribution is -0.137. The maximum Gasteiger partial charge on any atom is 0.416 e. The molecule has 0 spiro atoms. The number of hydrogen-bond acceptors (Lipinski definition) is 2. The summed E-state index contributed by atoms with van der Waals surface area (Å²) in [5.41, 5.74) is 3.22. The number of aryl methyl sites for hydroxylation is 2. The fourth-order valence-electron chi connectivity index (χ4n) is 4.27. The summed E-state index contributed by atoms with van der Waals surface area (Å²) in [5, 5.41) is 0. The molecular formula is C23H25F3N2O. The molecule has 154 valence electrons. The van der Waals surface area contributed by atoms with Crippen molar-refractivity contribution in [3.8, 4) is 0 Å². The van der Waals surface area contributed by atoms with Gasteiger partial charge in [-0.1, -0.05) is 35.9 Å². The molecule has 2 aromatic rings. The van der Waals surface area contributed by atoms with E-state index >= 15 is 0 Å². The fraction of sp³-hybridized carbons (Fsp3) is 0.435. The molecule has 1 aliphatic carbocycles. The number of carbonyl (C=O) groups is 1. The Kier molecular flexibility index (Phi) is 5.05. The molecule has 1 saturated carbocycles. The van der Waals surface area contributed by atoms with Crippen molar-refractivity contribution in [1.29, 1.82) is 0 Å². The molecule has 0 unspecified atom stereocenters. The highest BCUT2D eigenvalue weighted by molar-refractivity contribution is 5.83. The van der Waals surface area contributed by atoms with Crippen LogP contribution in [-0.2, 0) is 11.0 Å². The van der Waals surface area contributed by atoms with Gasteiger partial charge in [0.1, 0.15) is 0 Å². The van der Waals surface area contributed by atoms with Gasteiger partial charge in [-0.15, -0.1) is 0 Å². The number of hydrogen-bond donors (Lipinski definition) is 0.